The van der Waals surface area contributed by atoms with Gasteiger partial charge in [0.05, 0.1) is 0 Å². The SMILES string of the molecule is CN1CCC[C@]2(CCN(C(=O)c3ccccc3)C2)C1. The van der Waals surface area contributed by atoms with Gasteiger partial charge < -0.3 is 9.80 Å². The summed E-state index contributed by atoms with van der Waals surface area (Å²) in [4.78, 5) is 16.9. The topological polar surface area (TPSA) is 23.6 Å². The van der Waals surface area contributed by atoms with Crippen LogP contribution in [0.1, 0.15) is 29.6 Å². The number of rotatable bonds is 1. The van der Waals surface area contributed by atoms with Crippen LogP contribution in [0.4, 0.5) is 0 Å². The lowest BCUT2D eigenvalue weighted by Crippen LogP contribution is -2.43. The van der Waals surface area contributed by atoms with Crippen molar-refractivity contribution < 1.29 is 4.79 Å². The maximum atomic E-state index is 12.5. The van der Waals surface area contributed by atoms with Crippen molar-refractivity contribution >= 4 is 5.91 Å². The predicted octanol–water partition coefficient (Wildman–Crippen LogP) is 2.24. The van der Waals surface area contributed by atoms with E-state index in [1.165, 1.54) is 19.4 Å². The van der Waals surface area contributed by atoms with Gasteiger partial charge in [0.2, 0.25) is 0 Å². The summed E-state index contributed by atoms with van der Waals surface area (Å²) < 4.78 is 0. The van der Waals surface area contributed by atoms with Crippen LogP contribution in [0.3, 0.4) is 0 Å². The Hall–Kier alpha value is -1.35. The third-order valence-electron chi connectivity index (χ3n) is 4.60. The first-order valence-electron chi connectivity index (χ1n) is 7.21. The molecule has 0 aromatic heterocycles. The molecule has 0 N–H and O–H groups in total. The van der Waals surface area contributed by atoms with Gasteiger partial charge in [0.15, 0.2) is 0 Å². The first kappa shape index (κ1) is 12.7. The second-order valence-electron chi connectivity index (χ2n) is 6.18. The van der Waals surface area contributed by atoms with Gasteiger partial charge in [-0.2, -0.15) is 0 Å². The summed E-state index contributed by atoms with van der Waals surface area (Å²) in [7, 11) is 2.20. The minimum absolute atomic E-state index is 0.200. The van der Waals surface area contributed by atoms with Crippen LogP contribution in [0.2, 0.25) is 0 Å². The van der Waals surface area contributed by atoms with Crippen LogP contribution >= 0.6 is 0 Å². The van der Waals surface area contributed by atoms with Crippen LogP contribution in [0.5, 0.6) is 0 Å². The largest absolute Gasteiger partial charge is 0.338 e. The lowest BCUT2D eigenvalue weighted by molar-refractivity contribution is 0.0722. The van der Waals surface area contributed by atoms with Crippen LogP contribution < -0.4 is 0 Å². The number of amides is 1. The molecule has 19 heavy (non-hydrogen) atoms. The molecule has 2 aliphatic rings. The lowest BCUT2D eigenvalue weighted by atomic mass is 9.79. The molecule has 0 saturated carbocycles. The number of likely N-dealkylation sites (tertiary alicyclic amines) is 2. The Morgan fingerprint density at radius 1 is 1.11 bits per heavy atom. The van der Waals surface area contributed by atoms with Gasteiger partial charge >= 0.3 is 0 Å². The van der Waals surface area contributed by atoms with E-state index in [2.05, 4.69) is 16.8 Å². The molecule has 0 unspecified atom stereocenters. The molecule has 1 amide bonds. The van der Waals surface area contributed by atoms with Crippen molar-refractivity contribution in [3.63, 3.8) is 0 Å². The Morgan fingerprint density at radius 3 is 2.63 bits per heavy atom. The molecule has 0 aliphatic carbocycles. The summed E-state index contributed by atoms with van der Waals surface area (Å²) in [5.41, 5.74) is 1.18. The molecule has 0 radical (unpaired) electrons. The second-order valence-corrected chi connectivity index (χ2v) is 6.18. The first-order chi connectivity index (χ1) is 9.19. The van der Waals surface area contributed by atoms with E-state index in [-0.39, 0.29) is 5.91 Å². The molecule has 0 bridgehead atoms. The number of piperidine rings is 1. The highest BCUT2D eigenvalue weighted by molar-refractivity contribution is 5.94. The molecule has 1 aromatic rings. The van der Waals surface area contributed by atoms with Crippen molar-refractivity contribution in [3.05, 3.63) is 35.9 Å². The summed E-state index contributed by atoms with van der Waals surface area (Å²) in [6.07, 6.45) is 3.70. The van der Waals surface area contributed by atoms with Crippen molar-refractivity contribution in [2.24, 2.45) is 5.41 Å². The quantitative estimate of drug-likeness (QED) is 0.771. The van der Waals surface area contributed by atoms with Crippen molar-refractivity contribution in [1.82, 2.24) is 9.80 Å². The Kier molecular flexibility index (Phi) is 3.31. The van der Waals surface area contributed by atoms with Crippen LogP contribution in [0.15, 0.2) is 30.3 Å². The van der Waals surface area contributed by atoms with E-state index in [0.717, 1.165) is 31.6 Å². The molecule has 1 spiro atoms. The fourth-order valence-electron chi connectivity index (χ4n) is 3.66. The molecular weight excluding hydrogens is 236 g/mol. The summed E-state index contributed by atoms with van der Waals surface area (Å²) in [6.45, 7) is 4.20. The van der Waals surface area contributed by atoms with E-state index < -0.39 is 0 Å². The molecular formula is C16H22N2O. The smallest absolute Gasteiger partial charge is 0.253 e. The summed E-state index contributed by atoms with van der Waals surface area (Å²) in [6, 6.07) is 9.67. The number of benzene rings is 1. The van der Waals surface area contributed by atoms with Crippen LogP contribution in [0, 0.1) is 5.41 Å². The number of hydrogen-bond donors (Lipinski definition) is 0. The Balaban J connectivity index is 1.70. The average Bonchev–Trinajstić information content (AvgIpc) is 2.82. The van der Waals surface area contributed by atoms with Gasteiger partial charge in [0, 0.05) is 30.6 Å². The summed E-state index contributed by atoms with van der Waals surface area (Å²) in [5.74, 6) is 0.200. The van der Waals surface area contributed by atoms with Crippen LogP contribution in [-0.4, -0.2) is 48.9 Å². The van der Waals surface area contributed by atoms with E-state index in [9.17, 15) is 4.79 Å². The maximum Gasteiger partial charge on any atom is 0.253 e. The van der Waals surface area contributed by atoms with Gasteiger partial charge in [-0.1, -0.05) is 18.2 Å². The van der Waals surface area contributed by atoms with Gasteiger partial charge in [-0.3, -0.25) is 4.79 Å². The number of nitrogens with zero attached hydrogens (tertiary/aromatic N) is 2. The average molecular weight is 258 g/mol. The normalized spacial score (nSPS) is 27.9. The standard InChI is InChI=1S/C16H22N2O/c1-17-10-5-8-16(12-17)9-11-18(13-16)15(19)14-6-3-2-4-7-14/h2-4,6-7H,5,8-13H2,1H3/t16-/m0/s1. The lowest BCUT2D eigenvalue weighted by Gasteiger charge is -2.38. The molecule has 1 aromatic carbocycles. The van der Waals surface area contributed by atoms with Gasteiger partial charge in [0.25, 0.3) is 5.91 Å². The first-order valence-corrected chi connectivity index (χ1v) is 7.21. The predicted molar refractivity (Wildman–Crippen MR) is 76.1 cm³/mol. The molecule has 2 heterocycles. The monoisotopic (exact) mass is 258 g/mol. The molecule has 3 rings (SSSR count). The highest BCUT2D eigenvalue weighted by Crippen LogP contribution is 2.38. The van der Waals surface area contributed by atoms with E-state index >= 15 is 0 Å². The van der Waals surface area contributed by atoms with E-state index in [4.69, 9.17) is 0 Å². The highest BCUT2D eigenvalue weighted by atomic mass is 16.2. The molecule has 102 valence electrons. The summed E-state index contributed by atoms with van der Waals surface area (Å²) >= 11 is 0. The zero-order chi connectivity index (χ0) is 13.3. The van der Waals surface area contributed by atoms with Gasteiger partial charge in [-0.15, -0.1) is 0 Å². The van der Waals surface area contributed by atoms with Crippen molar-refractivity contribution in [3.8, 4) is 0 Å². The Bertz CT molecular complexity index is 459. The minimum Gasteiger partial charge on any atom is -0.338 e. The minimum atomic E-state index is 0.200. The van der Waals surface area contributed by atoms with E-state index in [0.29, 0.717) is 5.41 Å². The van der Waals surface area contributed by atoms with Crippen molar-refractivity contribution in [1.29, 1.82) is 0 Å². The second kappa shape index (κ2) is 4.97. The fraction of sp³-hybridized carbons (Fsp3) is 0.562. The van der Waals surface area contributed by atoms with Crippen LogP contribution in [0.25, 0.3) is 0 Å². The number of carbonyl (C=O) groups is 1. The molecule has 2 saturated heterocycles. The fourth-order valence-corrected chi connectivity index (χ4v) is 3.66. The van der Waals surface area contributed by atoms with Gasteiger partial charge in [-0.05, 0) is 45.0 Å². The highest BCUT2D eigenvalue weighted by Gasteiger charge is 2.42. The van der Waals surface area contributed by atoms with E-state index in [1.54, 1.807) is 0 Å². The molecule has 3 heteroatoms. The maximum absolute atomic E-state index is 12.5. The molecule has 3 nitrogen and oxygen atoms in total. The summed E-state index contributed by atoms with van der Waals surface area (Å²) in [5, 5.41) is 0. The number of carbonyl (C=O) groups excluding carboxylic acids is 1. The third kappa shape index (κ3) is 2.52. The van der Waals surface area contributed by atoms with Gasteiger partial charge in [-0.25, -0.2) is 0 Å². The molecule has 1 atom stereocenters. The van der Waals surface area contributed by atoms with Crippen molar-refractivity contribution in [2.45, 2.75) is 19.3 Å². The zero-order valence-electron chi connectivity index (χ0n) is 11.6. The van der Waals surface area contributed by atoms with Gasteiger partial charge in [0.1, 0.15) is 0 Å². The molecule has 2 aliphatic heterocycles. The zero-order valence-corrected chi connectivity index (χ0v) is 11.6. The van der Waals surface area contributed by atoms with E-state index in [1.807, 2.05) is 30.3 Å². The Labute approximate surface area is 115 Å². The van der Waals surface area contributed by atoms with Crippen molar-refractivity contribution in [2.75, 3.05) is 33.2 Å². The Morgan fingerprint density at radius 2 is 1.89 bits per heavy atom. The third-order valence-corrected chi connectivity index (χ3v) is 4.60. The van der Waals surface area contributed by atoms with Crippen LogP contribution in [-0.2, 0) is 0 Å². The molecule has 2 fully saturated rings. The number of hydrogen-bond acceptors (Lipinski definition) is 2.